The number of amides is 2. The van der Waals surface area contributed by atoms with Crippen molar-refractivity contribution in [2.75, 3.05) is 27.2 Å². The van der Waals surface area contributed by atoms with Gasteiger partial charge < -0.3 is 10.2 Å². The van der Waals surface area contributed by atoms with E-state index in [0.717, 1.165) is 0 Å². The lowest BCUT2D eigenvalue weighted by molar-refractivity contribution is 0.217. The minimum atomic E-state index is -3.52. The van der Waals surface area contributed by atoms with Gasteiger partial charge in [0.25, 0.3) is 0 Å². The molecular formula is C12H19N3O3S. The molecule has 2 N–H and O–H groups in total. The fourth-order valence-electron chi connectivity index (χ4n) is 1.45. The summed E-state index contributed by atoms with van der Waals surface area (Å²) in [5.74, 6) is 0. The highest BCUT2D eigenvalue weighted by molar-refractivity contribution is 7.89. The number of nitrogens with one attached hydrogen (secondary N) is 2. The van der Waals surface area contributed by atoms with Crippen LogP contribution < -0.4 is 10.0 Å². The molecule has 6 nitrogen and oxygen atoms in total. The molecule has 0 aromatic heterocycles. The molecule has 0 aliphatic heterocycles. The van der Waals surface area contributed by atoms with Crippen molar-refractivity contribution < 1.29 is 13.2 Å². The zero-order chi connectivity index (χ0) is 14.5. The minimum Gasteiger partial charge on any atom is -0.337 e. The van der Waals surface area contributed by atoms with Crippen molar-refractivity contribution in [3.63, 3.8) is 0 Å². The number of sulfonamides is 1. The van der Waals surface area contributed by atoms with Crippen LogP contribution in [0.4, 0.5) is 4.79 Å². The quantitative estimate of drug-likeness (QED) is 0.775. The number of hydrogen-bond acceptors (Lipinski definition) is 3. The third kappa shape index (κ3) is 4.53. The average molecular weight is 285 g/mol. The Morgan fingerprint density at radius 3 is 2.42 bits per heavy atom. The van der Waals surface area contributed by atoms with Gasteiger partial charge in [-0.05, 0) is 18.6 Å². The second-order valence-electron chi connectivity index (χ2n) is 4.29. The van der Waals surface area contributed by atoms with Crippen molar-refractivity contribution in [2.24, 2.45) is 0 Å². The lowest BCUT2D eigenvalue weighted by atomic mass is 10.2. The first kappa shape index (κ1) is 15.5. The van der Waals surface area contributed by atoms with Crippen molar-refractivity contribution >= 4 is 16.1 Å². The van der Waals surface area contributed by atoms with Crippen molar-refractivity contribution in [2.45, 2.75) is 11.8 Å². The van der Waals surface area contributed by atoms with Gasteiger partial charge in [-0.3, -0.25) is 0 Å². The zero-order valence-electron chi connectivity index (χ0n) is 11.3. The highest BCUT2D eigenvalue weighted by Crippen LogP contribution is 2.13. The van der Waals surface area contributed by atoms with Gasteiger partial charge in [-0.15, -0.1) is 0 Å². The molecule has 106 valence electrons. The second-order valence-corrected chi connectivity index (χ2v) is 6.03. The van der Waals surface area contributed by atoms with E-state index >= 15 is 0 Å². The molecule has 0 bridgehead atoms. The van der Waals surface area contributed by atoms with E-state index in [1.807, 2.05) is 0 Å². The van der Waals surface area contributed by atoms with Gasteiger partial charge in [-0.25, -0.2) is 17.9 Å². The van der Waals surface area contributed by atoms with Crippen LogP contribution in [0, 0.1) is 6.92 Å². The summed E-state index contributed by atoms with van der Waals surface area (Å²) in [7, 11) is -0.288. The average Bonchev–Trinajstić information content (AvgIpc) is 2.34. The standard InChI is InChI=1S/C12H19N3O3S/c1-10-6-4-5-7-11(10)19(17,18)14-9-8-13-12(16)15(2)3/h4-7,14H,8-9H2,1-3H3,(H,13,16). The zero-order valence-corrected chi connectivity index (χ0v) is 12.1. The molecule has 19 heavy (non-hydrogen) atoms. The number of aryl methyl sites for hydroxylation is 1. The maximum atomic E-state index is 12.0. The van der Waals surface area contributed by atoms with Crippen molar-refractivity contribution in [3.8, 4) is 0 Å². The molecule has 7 heteroatoms. The van der Waals surface area contributed by atoms with Gasteiger partial charge in [-0.2, -0.15) is 0 Å². The first-order valence-electron chi connectivity index (χ1n) is 5.85. The number of benzene rings is 1. The van der Waals surface area contributed by atoms with Gasteiger partial charge in [-0.1, -0.05) is 18.2 Å². The van der Waals surface area contributed by atoms with Crippen molar-refractivity contribution in [3.05, 3.63) is 29.8 Å². The lowest BCUT2D eigenvalue weighted by Crippen LogP contribution is -2.39. The molecule has 0 saturated heterocycles. The van der Waals surface area contributed by atoms with Crippen LogP contribution in [0.2, 0.25) is 0 Å². The summed E-state index contributed by atoms with van der Waals surface area (Å²) < 4.78 is 26.4. The Balaban J connectivity index is 2.53. The van der Waals surface area contributed by atoms with E-state index in [1.54, 1.807) is 45.3 Å². The molecule has 0 spiro atoms. The van der Waals surface area contributed by atoms with E-state index in [9.17, 15) is 13.2 Å². The summed E-state index contributed by atoms with van der Waals surface area (Å²) in [5.41, 5.74) is 0.687. The van der Waals surface area contributed by atoms with Crippen LogP contribution in [0.5, 0.6) is 0 Å². The Hall–Kier alpha value is -1.60. The summed E-state index contributed by atoms with van der Waals surface area (Å²) in [5, 5.41) is 2.58. The summed E-state index contributed by atoms with van der Waals surface area (Å²) in [6.07, 6.45) is 0. The van der Waals surface area contributed by atoms with E-state index in [4.69, 9.17) is 0 Å². The van der Waals surface area contributed by atoms with E-state index in [1.165, 1.54) is 4.90 Å². The van der Waals surface area contributed by atoms with Gasteiger partial charge in [0.15, 0.2) is 0 Å². The molecule has 0 radical (unpaired) electrons. The summed E-state index contributed by atoms with van der Waals surface area (Å²) >= 11 is 0. The van der Waals surface area contributed by atoms with E-state index < -0.39 is 10.0 Å². The molecule has 0 unspecified atom stereocenters. The number of urea groups is 1. The third-order valence-electron chi connectivity index (χ3n) is 2.48. The maximum absolute atomic E-state index is 12.0. The number of carbonyl (C=O) groups is 1. The molecule has 1 aromatic rings. The highest BCUT2D eigenvalue weighted by Gasteiger charge is 2.15. The minimum absolute atomic E-state index is 0.149. The number of carbonyl (C=O) groups excluding carboxylic acids is 1. The summed E-state index contributed by atoms with van der Waals surface area (Å²) in [4.78, 5) is 12.9. The van der Waals surface area contributed by atoms with Crippen LogP contribution in [0.1, 0.15) is 5.56 Å². The smallest absolute Gasteiger partial charge is 0.316 e. The predicted octanol–water partition coefficient (Wildman–Crippen LogP) is 0.545. The van der Waals surface area contributed by atoms with E-state index in [0.29, 0.717) is 5.56 Å². The van der Waals surface area contributed by atoms with Crippen LogP contribution in [-0.4, -0.2) is 46.5 Å². The molecule has 0 saturated carbocycles. The van der Waals surface area contributed by atoms with E-state index in [2.05, 4.69) is 10.0 Å². The maximum Gasteiger partial charge on any atom is 0.316 e. The Morgan fingerprint density at radius 1 is 1.21 bits per heavy atom. The fraction of sp³-hybridized carbons (Fsp3) is 0.417. The normalized spacial score (nSPS) is 11.1. The lowest BCUT2D eigenvalue weighted by Gasteiger charge is -2.13. The number of hydrogen-bond donors (Lipinski definition) is 2. The van der Waals surface area contributed by atoms with Gasteiger partial charge in [0, 0.05) is 27.2 Å². The van der Waals surface area contributed by atoms with Gasteiger partial charge in [0.1, 0.15) is 0 Å². The summed E-state index contributed by atoms with van der Waals surface area (Å²) in [6.45, 7) is 2.13. The van der Waals surface area contributed by atoms with Crippen LogP contribution in [0.25, 0.3) is 0 Å². The third-order valence-corrected chi connectivity index (χ3v) is 4.10. The second kappa shape index (κ2) is 6.53. The molecular weight excluding hydrogens is 266 g/mol. The van der Waals surface area contributed by atoms with Gasteiger partial charge in [0.2, 0.25) is 10.0 Å². The predicted molar refractivity (Wildman–Crippen MR) is 73.5 cm³/mol. The van der Waals surface area contributed by atoms with Gasteiger partial charge in [0.05, 0.1) is 4.90 Å². The Labute approximate surface area is 113 Å². The molecule has 1 rings (SSSR count). The SMILES string of the molecule is Cc1ccccc1S(=O)(=O)NCCNC(=O)N(C)C. The van der Waals surface area contributed by atoms with Crippen molar-refractivity contribution in [1.82, 2.24) is 14.9 Å². The first-order valence-corrected chi connectivity index (χ1v) is 7.33. The van der Waals surface area contributed by atoms with Crippen LogP contribution >= 0.6 is 0 Å². The monoisotopic (exact) mass is 285 g/mol. The first-order chi connectivity index (χ1) is 8.84. The Morgan fingerprint density at radius 2 is 1.84 bits per heavy atom. The van der Waals surface area contributed by atoms with Crippen LogP contribution in [0.3, 0.4) is 0 Å². The van der Waals surface area contributed by atoms with Crippen LogP contribution in [-0.2, 0) is 10.0 Å². The van der Waals surface area contributed by atoms with Gasteiger partial charge >= 0.3 is 6.03 Å². The molecule has 0 atom stereocenters. The Bertz CT molecular complexity index is 541. The molecule has 0 aliphatic carbocycles. The molecule has 2 amide bonds. The van der Waals surface area contributed by atoms with E-state index in [-0.39, 0.29) is 24.0 Å². The molecule has 0 heterocycles. The topological polar surface area (TPSA) is 78.5 Å². The fourth-order valence-corrected chi connectivity index (χ4v) is 2.72. The summed E-state index contributed by atoms with van der Waals surface area (Å²) in [6, 6.07) is 6.49. The Kier molecular flexibility index (Phi) is 5.31. The number of rotatable bonds is 5. The van der Waals surface area contributed by atoms with Crippen molar-refractivity contribution in [1.29, 1.82) is 0 Å². The highest BCUT2D eigenvalue weighted by atomic mass is 32.2. The molecule has 0 fully saturated rings. The molecule has 0 aliphatic rings. The van der Waals surface area contributed by atoms with Crippen LogP contribution in [0.15, 0.2) is 29.2 Å². The number of nitrogens with zero attached hydrogens (tertiary/aromatic N) is 1. The largest absolute Gasteiger partial charge is 0.337 e. The molecule has 1 aromatic carbocycles.